The van der Waals surface area contributed by atoms with Crippen LogP contribution in [0.15, 0.2) is 12.3 Å². The van der Waals surface area contributed by atoms with Crippen molar-refractivity contribution in [3.63, 3.8) is 0 Å². The maximum atomic E-state index is 10.7. The van der Waals surface area contributed by atoms with Crippen LogP contribution in [0.2, 0.25) is 0 Å². The smallest absolute Gasteiger partial charge is 0.290 e. The zero-order valence-corrected chi connectivity index (χ0v) is 10.7. The number of nitrogens with two attached hydrogens (primary N) is 1. The summed E-state index contributed by atoms with van der Waals surface area (Å²) in [6.45, 7) is 7.81. The fourth-order valence-corrected chi connectivity index (χ4v) is 2.16. The predicted molar refractivity (Wildman–Crippen MR) is 66.9 cm³/mol. The predicted octanol–water partition coefficient (Wildman–Crippen LogP) is 2.39. The highest BCUT2D eigenvalue weighted by atomic mass is 16.6. The quantitative estimate of drug-likeness (QED) is 0.643. The second-order valence-corrected chi connectivity index (χ2v) is 4.78. The molecule has 1 aromatic heterocycles. The summed E-state index contributed by atoms with van der Waals surface area (Å²) in [5, 5.41) is 10.7. The first kappa shape index (κ1) is 13.6. The van der Waals surface area contributed by atoms with Crippen molar-refractivity contribution in [3.05, 3.63) is 33.6 Å². The summed E-state index contributed by atoms with van der Waals surface area (Å²) in [6, 6.07) is 1.75. The number of pyridine rings is 1. The van der Waals surface area contributed by atoms with Gasteiger partial charge in [-0.25, -0.2) is 0 Å². The minimum atomic E-state index is -0.414. The Morgan fingerprint density at radius 1 is 1.41 bits per heavy atom. The number of rotatable bonds is 4. The van der Waals surface area contributed by atoms with Crippen LogP contribution in [0.5, 0.6) is 0 Å². The van der Waals surface area contributed by atoms with Gasteiger partial charge in [-0.05, 0) is 25.8 Å². The molecule has 0 bridgehead atoms. The van der Waals surface area contributed by atoms with Gasteiger partial charge in [0.05, 0.1) is 4.92 Å². The van der Waals surface area contributed by atoms with E-state index in [1.165, 1.54) is 6.20 Å². The molecule has 17 heavy (non-hydrogen) atoms. The average molecular weight is 237 g/mol. The van der Waals surface area contributed by atoms with Crippen molar-refractivity contribution in [2.75, 3.05) is 0 Å². The van der Waals surface area contributed by atoms with Crippen LogP contribution in [-0.4, -0.2) is 15.9 Å². The summed E-state index contributed by atoms with van der Waals surface area (Å²) in [6.07, 6.45) is 1.32. The summed E-state index contributed by atoms with van der Waals surface area (Å²) in [7, 11) is 0. The van der Waals surface area contributed by atoms with Gasteiger partial charge in [0.1, 0.15) is 6.20 Å². The molecule has 94 valence electrons. The zero-order chi connectivity index (χ0) is 13.2. The number of nitrogens with zero attached hydrogens (tertiary/aromatic N) is 2. The minimum absolute atomic E-state index is 0.0247. The zero-order valence-electron chi connectivity index (χ0n) is 10.7. The molecule has 0 aliphatic heterocycles. The maximum absolute atomic E-state index is 10.7. The molecule has 2 N–H and O–H groups in total. The van der Waals surface area contributed by atoms with Gasteiger partial charge in [-0.3, -0.25) is 15.1 Å². The Bertz CT molecular complexity index is 408. The van der Waals surface area contributed by atoms with E-state index in [1.807, 2.05) is 6.92 Å². The van der Waals surface area contributed by atoms with Gasteiger partial charge in [0, 0.05) is 23.2 Å². The van der Waals surface area contributed by atoms with Crippen LogP contribution in [0.3, 0.4) is 0 Å². The van der Waals surface area contributed by atoms with Crippen LogP contribution in [0.4, 0.5) is 5.69 Å². The molecular weight excluding hydrogens is 218 g/mol. The molecule has 0 aromatic carbocycles. The van der Waals surface area contributed by atoms with Gasteiger partial charge in [0.25, 0.3) is 5.69 Å². The standard InChI is InChI=1S/C12H19N3O2/c1-7(2)12(9(4)13)10-5-8(3)11(6-14-10)15(16)17/h5-7,9,12H,13H2,1-4H3. The highest BCUT2D eigenvalue weighted by Gasteiger charge is 2.23. The number of hydrogen-bond donors (Lipinski definition) is 1. The third-order valence-electron chi connectivity index (χ3n) is 2.93. The number of nitro groups is 1. The fourth-order valence-electron chi connectivity index (χ4n) is 2.16. The van der Waals surface area contributed by atoms with E-state index >= 15 is 0 Å². The van der Waals surface area contributed by atoms with Crippen molar-refractivity contribution in [2.45, 2.75) is 39.7 Å². The Hall–Kier alpha value is -1.49. The van der Waals surface area contributed by atoms with Crippen molar-refractivity contribution < 1.29 is 4.92 Å². The van der Waals surface area contributed by atoms with Gasteiger partial charge in [0.15, 0.2) is 0 Å². The highest BCUT2D eigenvalue weighted by molar-refractivity contribution is 5.38. The fraction of sp³-hybridized carbons (Fsp3) is 0.583. The van der Waals surface area contributed by atoms with Crippen molar-refractivity contribution in [3.8, 4) is 0 Å². The Morgan fingerprint density at radius 3 is 2.35 bits per heavy atom. The lowest BCUT2D eigenvalue weighted by atomic mass is 9.86. The molecule has 1 rings (SSSR count). The summed E-state index contributed by atoms with van der Waals surface area (Å²) >= 11 is 0. The molecule has 0 aliphatic rings. The maximum Gasteiger partial charge on any atom is 0.290 e. The van der Waals surface area contributed by atoms with E-state index in [0.717, 1.165) is 5.69 Å². The molecule has 2 unspecified atom stereocenters. The Labute approximate surface area is 101 Å². The summed E-state index contributed by atoms with van der Waals surface area (Å²) in [5.41, 5.74) is 7.46. The molecule has 1 heterocycles. The van der Waals surface area contributed by atoms with Gasteiger partial charge in [-0.1, -0.05) is 13.8 Å². The largest absolute Gasteiger partial charge is 0.327 e. The first-order chi connectivity index (χ1) is 7.84. The molecule has 1 aromatic rings. The second kappa shape index (κ2) is 5.23. The van der Waals surface area contributed by atoms with Gasteiger partial charge in [-0.15, -0.1) is 0 Å². The summed E-state index contributed by atoms with van der Waals surface area (Å²) in [4.78, 5) is 14.5. The Balaban J connectivity index is 3.15. The molecule has 5 nitrogen and oxygen atoms in total. The molecule has 0 fully saturated rings. The third-order valence-corrected chi connectivity index (χ3v) is 2.93. The molecule has 0 aliphatic carbocycles. The molecule has 0 saturated heterocycles. The average Bonchev–Trinajstić information content (AvgIpc) is 2.15. The summed E-state index contributed by atoms with van der Waals surface area (Å²) < 4.78 is 0. The highest BCUT2D eigenvalue weighted by Crippen LogP contribution is 2.28. The first-order valence-corrected chi connectivity index (χ1v) is 5.71. The van der Waals surface area contributed by atoms with Crippen molar-refractivity contribution >= 4 is 5.69 Å². The third kappa shape index (κ3) is 3.00. The van der Waals surface area contributed by atoms with Crippen molar-refractivity contribution in [1.29, 1.82) is 0 Å². The van der Waals surface area contributed by atoms with E-state index in [2.05, 4.69) is 18.8 Å². The Morgan fingerprint density at radius 2 is 2.00 bits per heavy atom. The van der Waals surface area contributed by atoms with Gasteiger partial charge in [0.2, 0.25) is 0 Å². The van der Waals surface area contributed by atoms with Gasteiger partial charge < -0.3 is 5.73 Å². The van der Waals surface area contributed by atoms with Crippen molar-refractivity contribution in [1.82, 2.24) is 4.98 Å². The molecule has 0 saturated carbocycles. The van der Waals surface area contributed by atoms with E-state index in [9.17, 15) is 10.1 Å². The van der Waals surface area contributed by atoms with E-state index in [-0.39, 0.29) is 17.6 Å². The normalized spacial score (nSPS) is 14.7. The molecule has 0 radical (unpaired) electrons. The van der Waals surface area contributed by atoms with E-state index < -0.39 is 4.92 Å². The van der Waals surface area contributed by atoms with Crippen LogP contribution in [0.25, 0.3) is 0 Å². The SMILES string of the molecule is Cc1cc(C(C(C)C)C(C)N)ncc1[N+](=O)[O-]. The number of aromatic nitrogens is 1. The molecular formula is C12H19N3O2. The lowest BCUT2D eigenvalue weighted by Gasteiger charge is -2.24. The van der Waals surface area contributed by atoms with Crippen LogP contribution >= 0.6 is 0 Å². The van der Waals surface area contributed by atoms with E-state index in [4.69, 9.17) is 5.73 Å². The molecule has 5 heteroatoms. The van der Waals surface area contributed by atoms with E-state index in [0.29, 0.717) is 11.5 Å². The lowest BCUT2D eigenvalue weighted by molar-refractivity contribution is -0.385. The topological polar surface area (TPSA) is 82.0 Å². The second-order valence-electron chi connectivity index (χ2n) is 4.78. The van der Waals surface area contributed by atoms with Crippen LogP contribution in [-0.2, 0) is 0 Å². The van der Waals surface area contributed by atoms with Crippen LogP contribution < -0.4 is 5.73 Å². The van der Waals surface area contributed by atoms with Crippen molar-refractivity contribution in [2.24, 2.45) is 11.7 Å². The molecule has 0 amide bonds. The Kier molecular flexibility index (Phi) is 4.17. The molecule has 0 spiro atoms. The van der Waals surface area contributed by atoms with Crippen LogP contribution in [0.1, 0.15) is 37.9 Å². The number of hydrogen-bond acceptors (Lipinski definition) is 4. The van der Waals surface area contributed by atoms with Gasteiger partial charge >= 0.3 is 0 Å². The minimum Gasteiger partial charge on any atom is -0.327 e. The number of aryl methyl sites for hydroxylation is 1. The first-order valence-electron chi connectivity index (χ1n) is 5.71. The monoisotopic (exact) mass is 237 g/mol. The van der Waals surface area contributed by atoms with E-state index in [1.54, 1.807) is 13.0 Å². The van der Waals surface area contributed by atoms with Gasteiger partial charge in [-0.2, -0.15) is 0 Å². The lowest BCUT2D eigenvalue weighted by Crippen LogP contribution is -2.29. The summed E-state index contributed by atoms with van der Waals surface area (Å²) in [5.74, 6) is 0.470. The van der Waals surface area contributed by atoms with Crippen LogP contribution in [0, 0.1) is 23.0 Å². The molecule has 2 atom stereocenters.